The number of para-hydroxylation sites is 1. The molecule has 1 aromatic rings. The largest absolute Gasteiger partial charge is 0.369 e. The predicted octanol–water partition coefficient (Wildman–Crippen LogP) is 4.51. The Labute approximate surface area is 128 Å². The summed E-state index contributed by atoms with van der Waals surface area (Å²) < 4.78 is 14.5. The highest BCUT2D eigenvalue weighted by atomic mass is 19.1. The molecule has 0 spiro atoms. The number of nitrogens with zero attached hydrogens (tertiary/aromatic N) is 1. The first kappa shape index (κ1) is 16.3. The molecule has 3 heteroatoms. The average Bonchev–Trinajstić information content (AvgIpc) is 2.44. The highest BCUT2D eigenvalue weighted by molar-refractivity contribution is 5.56. The molecule has 2 rings (SSSR count). The molecule has 0 aromatic heterocycles. The molecule has 1 fully saturated rings. The molecule has 1 aliphatic carbocycles. The third kappa shape index (κ3) is 3.97. The van der Waals surface area contributed by atoms with Crippen LogP contribution in [0, 0.1) is 11.7 Å². The minimum absolute atomic E-state index is 0.0844. The van der Waals surface area contributed by atoms with E-state index in [2.05, 4.69) is 37.1 Å². The normalized spacial score (nSPS) is 16.6. The van der Waals surface area contributed by atoms with E-state index in [1.807, 2.05) is 6.07 Å². The number of hydrogen-bond donors (Lipinski definition) is 1. The minimum atomic E-state index is -0.0844. The van der Waals surface area contributed by atoms with Crippen LogP contribution >= 0.6 is 0 Å². The Kier molecular flexibility index (Phi) is 6.04. The molecule has 21 heavy (non-hydrogen) atoms. The average molecular weight is 292 g/mol. The standard InChI is InChI=1S/C18H29FN2/c1-4-12-20-14(3)16-10-7-11-17(19)18(16)21(5-2)13-15-8-6-9-15/h7,10-11,14-15,20H,4-6,8-9,12-13H2,1-3H3. The molecule has 0 heterocycles. The Morgan fingerprint density at radius 3 is 2.67 bits per heavy atom. The van der Waals surface area contributed by atoms with Crippen LogP contribution in [-0.2, 0) is 0 Å². The van der Waals surface area contributed by atoms with E-state index in [1.165, 1.54) is 19.3 Å². The molecule has 1 aromatic carbocycles. The van der Waals surface area contributed by atoms with Crippen molar-refractivity contribution in [2.24, 2.45) is 5.92 Å². The second kappa shape index (κ2) is 7.79. The first-order valence-electron chi connectivity index (χ1n) is 8.44. The third-order valence-corrected chi connectivity index (χ3v) is 4.59. The fraction of sp³-hybridized carbons (Fsp3) is 0.667. The van der Waals surface area contributed by atoms with E-state index in [9.17, 15) is 4.39 Å². The summed E-state index contributed by atoms with van der Waals surface area (Å²) in [6.07, 6.45) is 5.02. The van der Waals surface area contributed by atoms with Gasteiger partial charge in [0.15, 0.2) is 0 Å². The van der Waals surface area contributed by atoms with Crippen LogP contribution in [0.3, 0.4) is 0 Å². The zero-order valence-electron chi connectivity index (χ0n) is 13.7. The van der Waals surface area contributed by atoms with Crippen molar-refractivity contribution in [3.63, 3.8) is 0 Å². The second-order valence-corrected chi connectivity index (χ2v) is 6.19. The molecule has 0 aliphatic heterocycles. The fourth-order valence-electron chi connectivity index (χ4n) is 3.05. The van der Waals surface area contributed by atoms with Gasteiger partial charge in [0.05, 0.1) is 5.69 Å². The minimum Gasteiger partial charge on any atom is -0.369 e. The van der Waals surface area contributed by atoms with Gasteiger partial charge in [-0.15, -0.1) is 0 Å². The van der Waals surface area contributed by atoms with Crippen molar-refractivity contribution in [2.75, 3.05) is 24.5 Å². The second-order valence-electron chi connectivity index (χ2n) is 6.19. The maximum absolute atomic E-state index is 14.5. The van der Waals surface area contributed by atoms with Crippen LogP contribution in [0.5, 0.6) is 0 Å². The SMILES string of the molecule is CCCNC(C)c1cccc(F)c1N(CC)CC1CCC1. The lowest BCUT2D eigenvalue weighted by atomic mass is 9.85. The summed E-state index contributed by atoms with van der Waals surface area (Å²) in [5, 5.41) is 3.48. The van der Waals surface area contributed by atoms with Crippen LogP contribution in [0.1, 0.15) is 58.1 Å². The summed E-state index contributed by atoms with van der Waals surface area (Å²) in [5.41, 5.74) is 1.90. The van der Waals surface area contributed by atoms with Crippen LogP contribution in [0.4, 0.5) is 10.1 Å². The third-order valence-electron chi connectivity index (χ3n) is 4.59. The van der Waals surface area contributed by atoms with Crippen molar-refractivity contribution < 1.29 is 4.39 Å². The van der Waals surface area contributed by atoms with Crippen molar-refractivity contribution in [1.82, 2.24) is 5.32 Å². The molecule has 1 aliphatic rings. The van der Waals surface area contributed by atoms with Crippen molar-refractivity contribution in [3.05, 3.63) is 29.6 Å². The van der Waals surface area contributed by atoms with Gasteiger partial charge in [0, 0.05) is 19.1 Å². The first-order chi connectivity index (χ1) is 10.2. The summed E-state index contributed by atoms with van der Waals surface area (Å²) in [6, 6.07) is 5.67. The maximum Gasteiger partial charge on any atom is 0.146 e. The summed E-state index contributed by atoms with van der Waals surface area (Å²) in [6.45, 7) is 9.23. The Hall–Kier alpha value is -1.09. The van der Waals surface area contributed by atoms with E-state index < -0.39 is 0 Å². The van der Waals surface area contributed by atoms with Crippen molar-refractivity contribution in [3.8, 4) is 0 Å². The van der Waals surface area contributed by atoms with Crippen LogP contribution in [-0.4, -0.2) is 19.6 Å². The van der Waals surface area contributed by atoms with E-state index in [4.69, 9.17) is 0 Å². The summed E-state index contributed by atoms with van der Waals surface area (Å²) >= 11 is 0. The van der Waals surface area contributed by atoms with E-state index in [-0.39, 0.29) is 11.9 Å². The van der Waals surface area contributed by atoms with Crippen molar-refractivity contribution >= 4 is 5.69 Å². The van der Waals surface area contributed by atoms with E-state index in [0.717, 1.165) is 43.2 Å². The molecule has 1 saturated carbocycles. The molecule has 2 nitrogen and oxygen atoms in total. The van der Waals surface area contributed by atoms with Gasteiger partial charge in [-0.3, -0.25) is 0 Å². The zero-order valence-corrected chi connectivity index (χ0v) is 13.7. The van der Waals surface area contributed by atoms with Gasteiger partial charge in [0.2, 0.25) is 0 Å². The lowest BCUT2D eigenvalue weighted by Crippen LogP contribution is -2.34. The van der Waals surface area contributed by atoms with Crippen LogP contribution in [0.25, 0.3) is 0 Å². The number of nitrogens with one attached hydrogen (secondary N) is 1. The Morgan fingerprint density at radius 1 is 1.33 bits per heavy atom. The highest BCUT2D eigenvalue weighted by Crippen LogP contribution is 2.33. The fourth-order valence-corrected chi connectivity index (χ4v) is 3.05. The number of hydrogen-bond acceptors (Lipinski definition) is 2. The van der Waals surface area contributed by atoms with E-state index in [1.54, 1.807) is 6.07 Å². The molecular formula is C18H29FN2. The van der Waals surface area contributed by atoms with Crippen LogP contribution in [0.15, 0.2) is 18.2 Å². The van der Waals surface area contributed by atoms with Gasteiger partial charge in [-0.1, -0.05) is 25.5 Å². The topological polar surface area (TPSA) is 15.3 Å². The van der Waals surface area contributed by atoms with Gasteiger partial charge in [0.1, 0.15) is 5.82 Å². The van der Waals surface area contributed by atoms with Gasteiger partial charge in [-0.25, -0.2) is 4.39 Å². The van der Waals surface area contributed by atoms with Gasteiger partial charge in [0.25, 0.3) is 0 Å². The molecule has 1 N–H and O–H groups in total. The van der Waals surface area contributed by atoms with E-state index >= 15 is 0 Å². The van der Waals surface area contributed by atoms with Crippen molar-refractivity contribution in [1.29, 1.82) is 0 Å². The molecular weight excluding hydrogens is 263 g/mol. The lowest BCUT2D eigenvalue weighted by Gasteiger charge is -2.35. The highest BCUT2D eigenvalue weighted by Gasteiger charge is 2.24. The molecule has 1 unspecified atom stereocenters. The Balaban J connectivity index is 2.21. The molecule has 0 radical (unpaired) electrons. The number of rotatable bonds is 8. The molecule has 118 valence electrons. The number of halogens is 1. The zero-order chi connectivity index (χ0) is 15.2. The maximum atomic E-state index is 14.5. The van der Waals surface area contributed by atoms with Crippen molar-refractivity contribution in [2.45, 2.75) is 52.5 Å². The summed E-state index contributed by atoms with van der Waals surface area (Å²) in [4.78, 5) is 2.23. The van der Waals surface area contributed by atoms with Crippen LogP contribution in [0.2, 0.25) is 0 Å². The Bertz CT molecular complexity index is 443. The quantitative estimate of drug-likeness (QED) is 0.758. The van der Waals surface area contributed by atoms with Gasteiger partial charge < -0.3 is 10.2 Å². The van der Waals surface area contributed by atoms with Crippen LogP contribution < -0.4 is 10.2 Å². The first-order valence-corrected chi connectivity index (χ1v) is 8.44. The van der Waals surface area contributed by atoms with Gasteiger partial charge in [-0.2, -0.15) is 0 Å². The molecule has 0 saturated heterocycles. The monoisotopic (exact) mass is 292 g/mol. The van der Waals surface area contributed by atoms with E-state index in [0.29, 0.717) is 0 Å². The van der Waals surface area contributed by atoms with Gasteiger partial charge >= 0.3 is 0 Å². The summed E-state index contributed by atoms with van der Waals surface area (Å²) in [7, 11) is 0. The lowest BCUT2D eigenvalue weighted by molar-refractivity contribution is 0.317. The molecule has 0 bridgehead atoms. The number of benzene rings is 1. The molecule has 0 amide bonds. The Morgan fingerprint density at radius 2 is 2.10 bits per heavy atom. The number of anilines is 1. The molecule has 1 atom stereocenters. The summed E-state index contributed by atoms with van der Waals surface area (Å²) in [5.74, 6) is 0.662. The predicted molar refractivity (Wildman–Crippen MR) is 88.3 cm³/mol. The smallest absolute Gasteiger partial charge is 0.146 e. The van der Waals surface area contributed by atoms with Gasteiger partial charge in [-0.05, 0) is 57.2 Å².